The Kier molecular flexibility index (Phi) is 4.75. The Morgan fingerprint density at radius 2 is 2.15 bits per heavy atom. The fourth-order valence-corrected chi connectivity index (χ4v) is 3.95. The molecule has 0 bridgehead atoms. The van der Waals surface area contributed by atoms with Crippen LogP contribution in [0.3, 0.4) is 0 Å². The molecule has 3 N–H and O–H groups in total. The van der Waals surface area contributed by atoms with Gasteiger partial charge in [0.2, 0.25) is 0 Å². The molecule has 1 fully saturated rings. The maximum atomic E-state index is 13.3. The van der Waals surface area contributed by atoms with Crippen LogP contribution in [0.1, 0.15) is 5.56 Å². The summed E-state index contributed by atoms with van der Waals surface area (Å²) in [6.45, 7) is 4.11. The first-order valence-corrected chi connectivity index (χ1v) is 9.53. The molecule has 26 heavy (non-hydrogen) atoms. The van der Waals surface area contributed by atoms with Crippen LogP contribution < -0.4 is 10.6 Å². The summed E-state index contributed by atoms with van der Waals surface area (Å²) in [5, 5.41) is 4.10. The molecule has 0 amide bonds. The first-order chi connectivity index (χ1) is 12.7. The van der Waals surface area contributed by atoms with E-state index in [1.807, 2.05) is 17.8 Å². The van der Waals surface area contributed by atoms with E-state index >= 15 is 0 Å². The van der Waals surface area contributed by atoms with Crippen molar-refractivity contribution in [3.8, 4) is 0 Å². The van der Waals surface area contributed by atoms with Gasteiger partial charge in [0, 0.05) is 61.4 Å². The second kappa shape index (κ2) is 7.33. The molecule has 0 atom stereocenters. The number of hydrogen-bond acceptors (Lipinski definition) is 4. The maximum absolute atomic E-state index is 13.3. The Morgan fingerprint density at radius 1 is 1.31 bits per heavy atom. The Hall–Kier alpha value is -2.61. The summed E-state index contributed by atoms with van der Waals surface area (Å²) in [4.78, 5) is 16.4. The Balaban J connectivity index is 1.32. The normalized spacial score (nSPS) is 15.8. The molecule has 6 nitrogen and oxygen atoms in total. The van der Waals surface area contributed by atoms with Gasteiger partial charge >= 0.3 is 0 Å². The van der Waals surface area contributed by atoms with Gasteiger partial charge in [-0.05, 0) is 30.2 Å². The van der Waals surface area contributed by atoms with Gasteiger partial charge in [-0.15, -0.1) is 11.3 Å². The highest BCUT2D eigenvalue weighted by atomic mass is 32.1. The van der Waals surface area contributed by atoms with Gasteiger partial charge in [0.05, 0.1) is 0 Å². The van der Waals surface area contributed by atoms with Gasteiger partial charge in [-0.3, -0.25) is 4.99 Å². The van der Waals surface area contributed by atoms with Gasteiger partial charge in [-0.1, -0.05) is 0 Å². The lowest BCUT2D eigenvalue weighted by Gasteiger charge is -2.35. The predicted molar refractivity (Wildman–Crippen MR) is 104 cm³/mol. The second-order valence-electron chi connectivity index (χ2n) is 6.28. The number of aromatic amines is 1. The van der Waals surface area contributed by atoms with Crippen LogP contribution >= 0.6 is 11.3 Å². The second-order valence-corrected chi connectivity index (χ2v) is 7.16. The van der Waals surface area contributed by atoms with Crippen LogP contribution in [-0.2, 0) is 6.42 Å². The predicted octanol–water partition coefficient (Wildman–Crippen LogP) is 2.44. The number of thiazole rings is 1. The number of rotatable bonds is 4. The summed E-state index contributed by atoms with van der Waals surface area (Å²) >= 11 is 1.66. The monoisotopic (exact) mass is 372 g/mol. The highest BCUT2D eigenvalue weighted by Gasteiger charge is 2.19. The van der Waals surface area contributed by atoms with Crippen molar-refractivity contribution in [1.29, 1.82) is 0 Å². The average Bonchev–Trinajstić information content (AvgIpc) is 3.32. The average molecular weight is 372 g/mol. The van der Waals surface area contributed by atoms with E-state index in [0.717, 1.165) is 54.2 Å². The van der Waals surface area contributed by atoms with Crippen LogP contribution in [-0.4, -0.2) is 53.6 Å². The summed E-state index contributed by atoms with van der Waals surface area (Å²) in [5.74, 6) is 0.361. The van der Waals surface area contributed by atoms with E-state index in [1.54, 1.807) is 17.4 Å². The number of piperazine rings is 1. The van der Waals surface area contributed by atoms with Gasteiger partial charge in [-0.2, -0.15) is 0 Å². The molecule has 0 radical (unpaired) electrons. The van der Waals surface area contributed by atoms with Crippen molar-refractivity contribution in [1.82, 2.24) is 14.9 Å². The molecule has 1 aliphatic rings. The lowest BCUT2D eigenvalue weighted by molar-refractivity contribution is 0.380. The van der Waals surface area contributed by atoms with Crippen LogP contribution in [0.2, 0.25) is 0 Å². The first-order valence-electron chi connectivity index (χ1n) is 8.65. The number of hydrogen-bond donors (Lipinski definition) is 2. The molecular formula is C18H21FN6S. The van der Waals surface area contributed by atoms with Crippen LogP contribution in [0.15, 0.2) is 41.0 Å². The maximum Gasteiger partial charge on any atom is 0.191 e. The molecule has 3 heterocycles. The SMILES string of the molecule is NC(=NCCc1c[nH]c2cc(F)ccc12)N1CCN(c2nccs2)CC1. The molecular weight excluding hydrogens is 351 g/mol. The van der Waals surface area contributed by atoms with Crippen molar-refractivity contribution in [3.05, 3.63) is 47.4 Å². The number of fused-ring (bicyclic) bond motifs is 1. The number of halogens is 1. The van der Waals surface area contributed by atoms with E-state index in [2.05, 4.69) is 24.8 Å². The molecule has 1 aromatic carbocycles. The molecule has 0 unspecified atom stereocenters. The number of benzene rings is 1. The number of H-pyrrole nitrogens is 1. The number of nitrogens with one attached hydrogen (secondary N) is 1. The molecule has 3 aromatic rings. The molecule has 0 saturated carbocycles. The van der Waals surface area contributed by atoms with Gasteiger partial charge in [-0.25, -0.2) is 9.37 Å². The Bertz CT molecular complexity index is 896. The van der Waals surface area contributed by atoms with E-state index < -0.39 is 0 Å². The first kappa shape index (κ1) is 16.8. The van der Waals surface area contributed by atoms with Crippen molar-refractivity contribution in [3.63, 3.8) is 0 Å². The zero-order valence-corrected chi connectivity index (χ0v) is 15.2. The van der Waals surface area contributed by atoms with E-state index in [4.69, 9.17) is 5.73 Å². The van der Waals surface area contributed by atoms with E-state index in [9.17, 15) is 4.39 Å². The molecule has 1 saturated heterocycles. The Labute approximate surface area is 155 Å². The lowest BCUT2D eigenvalue weighted by atomic mass is 10.1. The molecule has 1 aliphatic heterocycles. The van der Waals surface area contributed by atoms with Gasteiger partial charge in [0.15, 0.2) is 11.1 Å². The molecule has 4 rings (SSSR count). The van der Waals surface area contributed by atoms with Crippen molar-refractivity contribution in [2.45, 2.75) is 6.42 Å². The molecule has 0 aliphatic carbocycles. The minimum Gasteiger partial charge on any atom is -0.370 e. The van der Waals surface area contributed by atoms with Crippen molar-refractivity contribution >= 4 is 33.3 Å². The number of guanidine groups is 1. The fraction of sp³-hybridized carbons (Fsp3) is 0.333. The van der Waals surface area contributed by atoms with Crippen LogP contribution in [0.4, 0.5) is 9.52 Å². The van der Waals surface area contributed by atoms with Crippen LogP contribution in [0.25, 0.3) is 10.9 Å². The third-order valence-corrected chi connectivity index (χ3v) is 5.51. The molecule has 8 heteroatoms. The third-order valence-electron chi connectivity index (χ3n) is 4.68. The largest absolute Gasteiger partial charge is 0.370 e. The summed E-state index contributed by atoms with van der Waals surface area (Å²) in [6.07, 6.45) is 4.52. The lowest BCUT2D eigenvalue weighted by Crippen LogP contribution is -2.51. The highest BCUT2D eigenvalue weighted by molar-refractivity contribution is 7.13. The van der Waals surface area contributed by atoms with Crippen molar-refractivity contribution < 1.29 is 4.39 Å². The number of nitrogens with zero attached hydrogens (tertiary/aromatic N) is 4. The zero-order chi connectivity index (χ0) is 17.9. The zero-order valence-electron chi connectivity index (χ0n) is 14.4. The summed E-state index contributed by atoms with van der Waals surface area (Å²) in [7, 11) is 0. The van der Waals surface area contributed by atoms with Crippen molar-refractivity contribution in [2.75, 3.05) is 37.6 Å². The third kappa shape index (κ3) is 3.50. The van der Waals surface area contributed by atoms with Gasteiger partial charge < -0.3 is 20.5 Å². The number of aromatic nitrogens is 2. The van der Waals surface area contributed by atoms with Crippen LogP contribution in [0, 0.1) is 5.82 Å². The number of anilines is 1. The quantitative estimate of drug-likeness (QED) is 0.545. The fourth-order valence-electron chi connectivity index (χ4n) is 3.26. The summed E-state index contributed by atoms with van der Waals surface area (Å²) in [5.41, 5.74) is 8.12. The molecule has 136 valence electrons. The van der Waals surface area contributed by atoms with E-state index in [-0.39, 0.29) is 5.82 Å². The summed E-state index contributed by atoms with van der Waals surface area (Å²) < 4.78 is 13.3. The topological polar surface area (TPSA) is 73.5 Å². The number of nitrogens with two attached hydrogens (primary N) is 1. The van der Waals surface area contributed by atoms with E-state index in [0.29, 0.717) is 12.5 Å². The van der Waals surface area contributed by atoms with Gasteiger partial charge in [0.1, 0.15) is 5.82 Å². The molecule has 2 aromatic heterocycles. The highest BCUT2D eigenvalue weighted by Crippen LogP contribution is 2.20. The standard InChI is InChI=1S/C18H21FN6S/c19-14-1-2-15-13(12-23-16(15)11-14)3-4-21-17(20)24-6-8-25(9-7-24)18-22-5-10-26-18/h1-2,5,10-12,23H,3-4,6-9H2,(H2,20,21). The summed E-state index contributed by atoms with van der Waals surface area (Å²) in [6, 6.07) is 4.80. The molecule has 0 spiro atoms. The minimum absolute atomic E-state index is 0.231. The number of aliphatic imine (C=N–C) groups is 1. The van der Waals surface area contributed by atoms with Gasteiger partial charge in [0.25, 0.3) is 0 Å². The smallest absolute Gasteiger partial charge is 0.191 e. The van der Waals surface area contributed by atoms with Crippen molar-refractivity contribution in [2.24, 2.45) is 10.7 Å². The Morgan fingerprint density at radius 3 is 2.92 bits per heavy atom. The van der Waals surface area contributed by atoms with E-state index in [1.165, 1.54) is 12.1 Å². The minimum atomic E-state index is -0.231. The van der Waals surface area contributed by atoms with Crippen LogP contribution in [0.5, 0.6) is 0 Å².